The zero-order valence-corrected chi connectivity index (χ0v) is 19.1. The van der Waals surface area contributed by atoms with Crippen LogP contribution in [0.3, 0.4) is 0 Å². The molecule has 8 nitrogen and oxygen atoms in total. The second-order valence-corrected chi connectivity index (χ2v) is 8.10. The van der Waals surface area contributed by atoms with E-state index < -0.39 is 12.0 Å². The Balaban J connectivity index is 1.72. The fourth-order valence-corrected chi connectivity index (χ4v) is 4.15. The molecule has 1 fully saturated rings. The number of nitrogens with zero attached hydrogens (tertiary/aromatic N) is 3. The van der Waals surface area contributed by atoms with Gasteiger partial charge in [-0.25, -0.2) is 14.4 Å². The van der Waals surface area contributed by atoms with Gasteiger partial charge in [-0.15, -0.1) is 0 Å². The highest BCUT2D eigenvalue weighted by Crippen LogP contribution is 2.36. The van der Waals surface area contributed by atoms with Crippen LogP contribution in [0, 0.1) is 11.7 Å². The Bertz CT molecular complexity index is 1100. The van der Waals surface area contributed by atoms with E-state index in [1.807, 2.05) is 25.2 Å². The zero-order valence-electron chi connectivity index (χ0n) is 19.1. The molecule has 1 aliphatic rings. The molecule has 176 valence electrons. The lowest BCUT2D eigenvalue weighted by molar-refractivity contribution is 0.0921. The van der Waals surface area contributed by atoms with Crippen LogP contribution in [0.15, 0.2) is 36.5 Å². The Labute approximate surface area is 192 Å². The maximum absolute atomic E-state index is 14.6. The molecular formula is C24H30FN5O3. The second kappa shape index (κ2) is 10.3. The average Bonchev–Trinajstić information content (AvgIpc) is 3.33. The smallest absolute Gasteiger partial charge is 0.213 e. The van der Waals surface area contributed by atoms with Crippen molar-refractivity contribution >= 4 is 16.6 Å². The molecular weight excluding hydrogens is 425 g/mol. The van der Waals surface area contributed by atoms with Gasteiger partial charge in [0.15, 0.2) is 11.6 Å². The fraction of sp³-hybridized carbons (Fsp3) is 0.417. The summed E-state index contributed by atoms with van der Waals surface area (Å²) in [5.74, 6) is 0.341. The molecule has 2 atom stereocenters. The number of aliphatic hydroxyl groups excluding tert-OH is 1. The minimum Gasteiger partial charge on any atom is -0.494 e. The van der Waals surface area contributed by atoms with Crippen molar-refractivity contribution in [1.29, 1.82) is 0 Å². The van der Waals surface area contributed by atoms with E-state index in [0.717, 1.165) is 36.5 Å². The van der Waals surface area contributed by atoms with Crippen LogP contribution in [-0.2, 0) is 0 Å². The molecule has 0 radical (unpaired) electrons. The molecule has 1 aromatic carbocycles. The van der Waals surface area contributed by atoms with Crippen molar-refractivity contribution in [3.05, 3.63) is 42.3 Å². The molecule has 0 aliphatic carbocycles. The predicted octanol–water partition coefficient (Wildman–Crippen LogP) is 2.41. The number of hydrogen-bond acceptors (Lipinski definition) is 8. The number of aliphatic hydroxyl groups is 1. The van der Waals surface area contributed by atoms with Gasteiger partial charge in [-0.05, 0) is 38.7 Å². The van der Waals surface area contributed by atoms with Gasteiger partial charge in [0.25, 0.3) is 0 Å². The fourth-order valence-electron chi connectivity index (χ4n) is 4.15. The summed E-state index contributed by atoms with van der Waals surface area (Å²) in [7, 11) is 5.05. The van der Waals surface area contributed by atoms with Crippen molar-refractivity contribution in [2.45, 2.75) is 12.6 Å². The molecule has 0 amide bonds. The summed E-state index contributed by atoms with van der Waals surface area (Å²) in [6.45, 7) is 2.68. The number of likely N-dealkylation sites (N-methyl/N-ethyl adjacent to an activating group) is 1. The average molecular weight is 456 g/mol. The van der Waals surface area contributed by atoms with Gasteiger partial charge in [-0.1, -0.05) is 0 Å². The molecule has 2 aromatic heterocycles. The van der Waals surface area contributed by atoms with Crippen LogP contribution in [0.25, 0.3) is 22.2 Å². The lowest BCUT2D eigenvalue weighted by Gasteiger charge is -2.23. The first-order chi connectivity index (χ1) is 16.0. The van der Waals surface area contributed by atoms with E-state index in [1.165, 1.54) is 13.2 Å². The molecule has 3 N–H and O–H groups in total. The summed E-state index contributed by atoms with van der Waals surface area (Å²) in [5, 5.41) is 16.9. The van der Waals surface area contributed by atoms with Crippen molar-refractivity contribution in [2.75, 3.05) is 52.3 Å². The summed E-state index contributed by atoms with van der Waals surface area (Å²) in [4.78, 5) is 11.3. The van der Waals surface area contributed by atoms with Crippen molar-refractivity contribution in [2.24, 2.45) is 5.92 Å². The zero-order chi connectivity index (χ0) is 23.4. The highest BCUT2D eigenvalue weighted by molar-refractivity contribution is 5.95. The number of pyridine rings is 2. The number of aromatic nitrogens is 2. The quantitative estimate of drug-likeness (QED) is 0.335. The number of benzene rings is 1. The van der Waals surface area contributed by atoms with Gasteiger partial charge in [0.05, 0.1) is 18.3 Å². The van der Waals surface area contributed by atoms with Crippen LogP contribution in [0.5, 0.6) is 11.6 Å². The van der Waals surface area contributed by atoms with Crippen LogP contribution in [0.2, 0.25) is 0 Å². The maximum Gasteiger partial charge on any atom is 0.213 e. The third kappa shape index (κ3) is 5.00. The number of fused-ring (bicyclic) bond motifs is 1. The van der Waals surface area contributed by atoms with Gasteiger partial charge in [0, 0.05) is 60.5 Å². The van der Waals surface area contributed by atoms with E-state index in [4.69, 9.17) is 14.5 Å². The Morgan fingerprint density at radius 2 is 2.12 bits per heavy atom. The minimum atomic E-state index is -0.584. The Kier molecular flexibility index (Phi) is 7.22. The first kappa shape index (κ1) is 23.2. The van der Waals surface area contributed by atoms with Crippen LogP contribution in [0.4, 0.5) is 10.1 Å². The molecule has 0 bridgehead atoms. The molecule has 0 spiro atoms. The van der Waals surface area contributed by atoms with Gasteiger partial charge in [-0.2, -0.15) is 0 Å². The molecule has 33 heavy (non-hydrogen) atoms. The van der Waals surface area contributed by atoms with Crippen LogP contribution >= 0.6 is 0 Å². The van der Waals surface area contributed by atoms with E-state index in [1.54, 1.807) is 19.3 Å². The molecule has 3 aromatic rings. The van der Waals surface area contributed by atoms with E-state index in [0.29, 0.717) is 29.9 Å². The molecule has 9 heteroatoms. The largest absolute Gasteiger partial charge is 0.494 e. The maximum atomic E-state index is 14.6. The number of rotatable bonds is 9. The van der Waals surface area contributed by atoms with Gasteiger partial charge in [0.2, 0.25) is 5.88 Å². The highest BCUT2D eigenvalue weighted by Gasteiger charge is 2.29. The van der Waals surface area contributed by atoms with Gasteiger partial charge >= 0.3 is 0 Å². The lowest BCUT2D eigenvalue weighted by atomic mass is 10.1. The lowest BCUT2D eigenvalue weighted by Crippen LogP contribution is -2.35. The van der Waals surface area contributed by atoms with Gasteiger partial charge < -0.3 is 24.8 Å². The second-order valence-electron chi connectivity index (χ2n) is 8.10. The SMILES string of the molecule is CNCCOc1ccc(-c2cc(N3CCC(C(O)NC)C3)c3cc(F)c(OC)cc3n2)cn1. The number of halogens is 1. The highest BCUT2D eigenvalue weighted by atomic mass is 19.1. The first-order valence-electron chi connectivity index (χ1n) is 11.1. The van der Waals surface area contributed by atoms with E-state index in [9.17, 15) is 9.50 Å². The molecule has 1 saturated heterocycles. The standard InChI is InChI=1S/C24H30FN5O3/c1-26-7-9-33-23-5-4-15(13-28-23)19-11-21(30-8-6-16(14-30)24(31)27-2)17-10-18(25)22(32-3)12-20(17)29-19/h4-5,10-13,16,24,26-27,31H,6-9,14H2,1-3H3. The summed E-state index contributed by atoms with van der Waals surface area (Å²) < 4.78 is 25.4. The number of nitrogens with one attached hydrogen (secondary N) is 2. The molecule has 3 heterocycles. The summed E-state index contributed by atoms with van der Waals surface area (Å²) in [5.41, 5.74) is 3.05. The number of ether oxygens (including phenoxy) is 2. The molecule has 2 unspecified atom stereocenters. The first-order valence-corrected chi connectivity index (χ1v) is 11.1. The number of anilines is 1. The summed E-state index contributed by atoms with van der Waals surface area (Å²) >= 11 is 0. The Morgan fingerprint density at radius 1 is 1.27 bits per heavy atom. The van der Waals surface area contributed by atoms with Crippen molar-refractivity contribution in [3.8, 4) is 22.9 Å². The number of hydrogen-bond donors (Lipinski definition) is 3. The van der Waals surface area contributed by atoms with Crippen molar-refractivity contribution in [1.82, 2.24) is 20.6 Å². The van der Waals surface area contributed by atoms with Crippen LogP contribution in [-0.4, -0.2) is 68.7 Å². The van der Waals surface area contributed by atoms with E-state index in [2.05, 4.69) is 20.5 Å². The predicted molar refractivity (Wildman–Crippen MR) is 126 cm³/mol. The Morgan fingerprint density at radius 3 is 2.82 bits per heavy atom. The van der Waals surface area contributed by atoms with Gasteiger partial charge in [-0.3, -0.25) is 5.32 Å². The van der Waals surface area contributed by atoms with Crippen molar-refractivity contribution < 1.29 is 19.0 Å². The molecule has 0 saturated carbocycles. The number of methoxy groups -OCH3 is 1. The monoisotopic (exact) mass is 455 g/mol. The Hall–Kier alpha value is -3.01. The van der Waals surface area contributed by atoms with Crippen molar-refractivity contribution in [3.63, 3.8) is 0 Å². The molecule has 1 aliphatic heterocycles. The van der Waals surface area contributed by atoms with E-state index >= 15 is 0 Å². The third-order valence-electron chi connectivity index (χ3n) is 6.00. The topological polar surface area (TPSA) is 91.8 Å². The normalized spacial score (nSPS) is 16.9. The summed E-state index contributed by atoms with van der Waals surface area (Å²) in [6, 6.07) is 8.78. The van der Waals surface area contributed by atoms with Crippen LogP contribution in [0.1, 0.15) is 6.42 Å². The summed E-state index contributed by atoms with van der Waals surface area (Å²) in [6.07, 6.45) is 1.98. The van der Waals surface area contributed by atoms with Crippen LogP contribution < -0.4 is 25.0 Å². The van der Waals surface area contributed by atoms with E-state index in [-0.39, 0.29) is 11.7 Å². The minimum absolute atomic E-state index is 0.0838. The molecule has 4 rings (SSSR count). The van der Waals surface area contributed by atoms with Gasteiger partial charge in [0.1, 0.15) is 12.8 Å². The third-order valence-corrected chi connectivity index (χ3v) is 6.00.